The van der Waals surface area contributed by atoms with Gasteiger partial charge in [-0.1, -0.05) is 20.8 Å². The molecular weight excluding hydrogens is 590 g/mol. The van der Waals surface area contributed by atoms with Gasteiger partial charge < -0.3 is 34.9 Å². The Morgan fingerprint density at radius 3 is 1.65 bits per heavy atom. The summed E-state index contributed by atoms with van der Waals surface area (Å²) in [6.07, 6.45) is 0.353. The predicted octanol–water partition coefficient (Wildman–Crippen LogP) is 6.94. The van der Waals surface area contributed by atoms with Crippen molar-refractivity contribution in [2.24, 2.45) is 5.92 Å². The molecule has 3 aromatic carbocycles. The second-order valence-electron chi connectivity index (χ2n) is 11.4. The van der Waals surface area contributed by atoms with E-state index in [4.69, 9.17) is 18.9 Å². The molecule has 1 atom stereocenters. The van der Waals surface area contributed by atoms with E-state index in [9.17, 15) is 19.2 Å². The molecule has 0 heterocycles. The van der Waals surface area contributed by atoms with Gasteiger partial charge in [-0.15, -0.1) is 0 Å². The fraction of sp³-hybridized carbons (Fsp3) is 0.371. The van der Waals surface area contributed by atoms with E-state index < -0.39 is 17.8 Å². The van der Waals surface area contributed by atoms with E-state index in [0.717, 1.165) is 0 Å². The van der Waals surface area contributed by atoms with E-state index in [-0.39, 0.29) is 35.2 Å². The second kappa shape index (κ2) is 16.3. The van der Waals surface area contributed by atoms with Crippen molar-refractivity contribution >= 4 is 40.8 Å². The van der Waals surface area contributed by atoms with Crippen LogP contribution in [0.1, 0.15) is 86.0 Å². The Morgan fingerprint density at radius 1 is 0.674 bits per heavy atom. The number of esters is 1. The molecule has 246 valence electrons. The number of hydrogen-bond donors (Lipinski definition) is 3. The summed E-state index contributed by atoms with van der Waals surface area (Å²) in [6, 6.07) is 14.1. The molecule has 0 bridgehead atoms. The van der Waals surface area contributed by atoms with Crippen molar-refractivity contribution in [2.45, 2.75) is 67.1 Å². The quantitative estimate of drug-likeness (QED) is 0.162. The SMILES string of the molecule is CCC(C)Oc1cc(C(=O)OC)ccc1NC(=O)c1ccc(NC(=O)c2ccc(NC(C)=O)c(OC(C)C)c2)c(OCC(C)C)c1. The maximum absolute atomic E-state index is 13.4. The maximum Gasteiger partial charge on any atom is 0.337 e. The lowest BCUT2D eigenvalue weighted by Gasteiger charge is -2.19. The lowest BCUT2D eigenvalue weighted by Crippen LogP contribution is -2.18. The highest BCUT2D eigenvalue weighted by Crippen LogP contribution is 2.32. The van der Waals surface area contributed by atoms with Gasteiger partial charge in [0.15, 0.2) is 0 Å². The number of rotatable bonds is 14. The largest absolute Gasteiger partial charge is 0.491 e. The summed E-state index contributed by atoms with van der Waals surface area (Å²) < 4.78 is 22.7. The Kier molecular flexibility index (Phi) is 12.6. The molecule has 11 heteroatoms. The van der Waals surface area contributed by atoms with Gasteiger partial charge >= 0.3 is 5.97 Å². The first-order valence-corrected chi connectivity index (χ1v) is 15.2. The number of amides is 3. The molecule has 0 saturated heterocycles. The van der Waals surface area contributed by atoms with Gasteiger partial charge in [-0.05, 0) is 87.7 Å². The minimum absolute atomic E-state index is 0.169. The fourth-order valence-electron chi connectivity index (χ4n) is 4.11. The van der Waals surface area contributed by atoms with Gasteiger partial charge in [0, 0.05) is 18.1 Å². The molecule has 0 saturated carbocycles. The topological polar surface area (TPSA) is 141 Å². The number of hydrogen-bond acceptors (Lipinski definition) is 8. The van der Waals surface area contributed by atoms with E-state index in [2.05, 4.69) is 16.0 Å². The highest BCUT2D eigenvalue weighted by molar-refractivity contribution is 6.08. The van der Waals surface area contributed by atoms with Gasteiger partial charge in [-0.25, -0.2) is 4.79 Å². The molecule has 3 amide bonds. The number of ether oxygens (including phenoxy) is 4. The Morgan fingerprint density at radius 2 is 1.15 bits per heavy atom. The van der Waals surface area contributed by atoms with Crippen LogP contribution in [0.3, 0.4) is 0 Å². The van der Waals surface area contributed by atoms with Gasteiger partial charge in [0.25, 0.3) is 11.8 Å². The van der Waals surface area contributed by atoms with Crippen LogP contribution < -0.4 is 30.2 Å². The maximum atomic E-state index is 13.4. The summed E-state index contributed by atoms with van der Waals surface area (Å²) in [5.74, 6) is -0.507. The van der Waals surface area contributed by atoms with E-state index >= 15 is 0 Å². The van der Waals surface area contributed by atoms with Crippen LogP contribution in [0.5, 0.6) is 17.2 Å². The van der Waals surface area contributed by atoms with Gasteiger partial charge in [0.05, 0.1) is 48.6 Å². The summed E-state index contributed by atoms with van der Waals surface area (Å²) in [4.78, 5) is 50.5. The Balaban J connectivity index is 1.91. The number of anilines is 3. The number of carbonyl (C=O) groups is 4. The molecule has 3 N–H and O–H groups in total. The molecule has 11 nitrogen and oxygen atoms in total. The third-order valence-corrected chi connectivity index (χ3v) is 6.54. The lowest BCUT2D eigenvalue weighted by molar-refractivity contribution is -0.114. The summed E-state index contributed by atoms with van der Waals surface area (Å²) in [5, 5.41) is 8.43. The van der Waals surface area contributed by atoms with Crippen LogP contribution in [0.4, 0.5) is 17.1 Å². The molecule has 0 aromatic heterocycles. The van der Waals surface area contributed by atoms with Crippen molar-refractivity contribution in [1.29, 1.82) is 0 Å². The monoisotopic (exact) mass is 633 g/mol. The molecule has 0 aliphatic carbocycles. The van der Waals surface area contributed by atoms with Crippen LogP contribution in [-0.2, 0) is 9.53 Å². The van der Waals surface area contributed by atoms with Crippen LogP contribution in [0.25, 0.3) is 0 Å². The molecule has 46 heavy (non-hydrogen) atoms. The zero-order chi connectivity index (χ0) is 34.0. The molecule has 0 aliphatic rings. The molecular formula is C35H43N3O8. The predicted molar refractivity (Wildman–Crippen MR) is 177 cm³/mol. The van der Waals surface area contributed by atoms with Crippen LogP contribution in [0.15, 0.2) is 54.6 Å². The van der Waals surface area contributed by atoms with Gasteiger partial charge in [0.2, 0.25) is 5.91 Å². The zero-order valence-electron chi connectivity index (χ0n) is 27.6. The summed E-state index contributed by atoms with van der Waals surface area (Å²) in [6.45, 7) is 13.2. The number of methoxy groups -OCH3 is 1. The first-order valence-electron chi connectivity index (χ1n) is 15.2. The second-order valence-corrected chi connectivity index (χ2v) is 11.4. The Hall–Kier alpha value is -5.06. The number of carbonyl (C=O) groups excluding carboxylic acids is 4. The van der Waals surface area contributed by atoms with Gasteiger partial charge in [-0.3, -0.25) is 14.4 Å². The normalized spacial score (nSPS) is 11.4. The molecule has 0 radical (unpaired) electrons. The molecule has 3 rings (SSSR count). The fourth-order valence-corrected chi connectivity index (χ4v) is 4.11. The van der Waals surface area contributed by atoms with Crippen molar-refractivity contribution in [2.75, 3.05) is 29.7 Å². The van der Waals surface area contributed by atoms with Crippen LogP contribution in [0.2, 0.25) is 0 Å². The summed E-state index contributed by atoms with van der Waals surface area (Å²) >= 11 is 0. The highest BCUT2D eigenvalue weighted by atomic mass is 16.5. The smallest absolute Gasteiger partial charge is 0.337 e. The molecule has 3 aromatic rings. The van der Waals surface area contributed by atoms with Crippen molar-refractivity contribution in [3.05, 3.63) is 71.3 Å². The van der Waals surface area contributed by atoms with Crippen LogP contribution in [-0.4, -0.2) is 49.6 Å². The van der Waals surface area contributed by atoms with E-state index in [0.29, 0.717) is 52.9 Å². The van der Waals surface area contributed by atoms with Crippen molar-refractivity contribution in [3.63, 3.8) is 0 Å². The number of benzene rings is 3. The van der Waals surface area contributed by atoms with Gasteiger partial charge in [0.1, 0.15) is 17.2 Å². The lowest BCUT2D eigenvalue weighted by atomic mass is 10.1. The number of nitrogens with one attached hydrogen (secondary N) is 3. The minimum Gasteiger partial charge on any atom is -0.491 e. The third-order valence-electron chi connectivity index (χ3n) is 6.54. The van der Waals surface area contributed by atoms with E-state index in [1.54, 1.807) is 48.5 Å². The first-order chi connectivity index (χ1) is 21.8. The zero-order valence-corrected chi connectivity index (χ0v) is 27.6. The van der Waals surface area contributed by atoms with Crippen molar-refractivity contribution in [3.8, 4) is 17.2 Å². The molecule has 0 aliphatic heterocycles. The molecule has 0 spiro atoms. The van der Waals surface area contributed by atoms with Crippen molar-refractivity contribution in [1.82, 2.24) is 0 Å². The Bertz CT molecular complexity index is 1570. The molecule has 0 fully saturated rings. The third kappa shape index (κ3) is 9.98. The first kappa shape index (κ1) is 35.4. The van der Waals surface area contributed by atoms with Crippen molar-refractivity contribution < 1.29 is 38.1 Å². The van der Waals surface area contributed by atoms with Crippen LogP contribution >= 0.6 is 0 Å². The summed E-state index contributed by atoms with van der Waals surface area (Å²) in [5.41, 5.74) is 2.05. The molecule has 1 unspecified atom stereocenters. The minimum atomic E-state index is -0.524. The Labute approximate surface area is 269 Å². The van der Waals surface area contributed by atoms with E-state index in [1.165, 1.54) is 20.1 Å². The van der Waals surface area contributed by atoms with E-state index in [1.807, 2.05) is 41.5 Å². The highest BCUT2D eigenvalue weighted by Gasteiger charge is 2.19. The standard InChI is InChI=1S/C35H43N3O8/c1-9-22(6)46-32-18-26(35(42)43-8)12-15-29(32)38-33(40)24-10-13-27(30(16-24)44-19-20(2)3)37-34(41)25-11-14-28(36-23(7)39)31(17-25)45-21(4)5/h10-18,20-22H,9,19H2,1-8H3,(H,36,39)(H,37,41)(H,38,40). The van der Waals surface area contributed by atoms with Crippen LogP contribution in [0, 0.1) is 5.92 Å². The summed E-state index contributed by atoms with van der Waals surface area (Å²) in [7, 11) is 1.29. The average molecular weight is 634 g/mol. The average Bonchev–Trinajstić information content (AvgIpc) is 3.00. The van der Waals surface area contributed by atoms with Gasteiger partial charge in [-0.2, -0.15) is 0 Å².